The molecule has 21 heavy (non-hydrogen) atoms. The average molecular weight is 297 g/mol. The number of rotatable bonds is 12. The van der Waals surface area contributed by atoms with E-state index in [1.807, 2.05) is 0 Å². The van der Waals surface area contributed by atoms with Crippen LogP contribution in [0.4, 0.5) is 0 Å². The second kappa shape index (κ2) is 12.5. The van der Waals surface area contributed by atoms with E-state index in [0.29, 0.717) is 6.04 Å². The third-order valence-corrected chi connectivity index (χ3v) is 4.90. The third kappa shape index (κ3) is 9.52. The lowest BCUT2D eigenvalue weighted by molar-refractivity contribution is 0.181. The van der Waals surface area contributed by atoms with Crippen LogP contribution in [0.15, 0.2) is 0 Å². The molecule has 1 atom stereocenters. The van der Waals surface area contributed by atoms with Gasteiger partial charge in [0, 0.05) is 18.6 Å². The number of nitrogens with zero attached hydrogens (tertiary/aromatic N) is 1. The molecular weight excluding hydrogens is 256 g/mol. The molecule has 0 aromatic rings. The molecule has 0 aliphatic carbocycles. The van der Waals surface area contributed by atoms with Gasteiger partial charge in [-0.25, -0.2) is 0 Å². The highest BCUT2D eigenvalue weighted by molar-refractivity contribution is 4.77. The van der Waals surface area contributed by atoms with Crippen LogP contribution in [0, 0.1) is 0 Å². The van der Waals surface area contributed by atoms with Crippen LogP contribution < -0.4 is 5.32 Å². The quantitative estimate of drug-likeness (QED) is 0.511. The molecule has 2 heteroatoms. The Balaban J connectivity index is 2.05. The minimum Gasteiger partial charge on any atom is -0.313 e. The molecule has 1 heterocycles. The van der Waals surface area contributed by atoms with E-state index in [4.69, 9.17) is 0 Å². The van der Waals surface area contributed by atoms with Crippen molar-refractivity contribution in [3.63, 3.8) is 0 Å². The van der Waals surface area contributed by atoms with Gasteiger partial charge in [-0.3, -0.25) is 4.90 Å². The van der Waals surface area contributed by atoms with Crippen LogP contribution in [0.3, 0.4) is 0 Å². The first-order valence-corrected chi connectivity index (χ1v) is 9.71. The normalized spacial score (nSPS) is 19.6. The Morgan fingerprint density at radius 3 is 2.19 bits per heavy atom. The molecule has 0 aromatic heterocycles. The second-order valence-corrected chi connectivity index (χ2v) is 7.21. The molecule has 0 amide bonds. The maximum Gasteiger partial charge on any atom is 0.0195 e. The minimum absolute atomic E-state index is 0.693. The molecule has 0 radical (unpaired) electrons. The molecule has 126 valence electrons. The van der Waals surface area contributed by atoms with Crippen molar-refractivity contribution < 1.29 is 0 Å². The molecular formula is C19H40N2. The number of unbranched alkanes of at least 4 members (excludes halogenated alkanes) is 7. The highest BCUT2D eigenvalue weighted by Crippen LogP contribution is 2.13. The van der Waals surface area contributed by atoms with Crippen molar-refractivity contribution in [3.05, 3.63) is 0 Å². The minimum atomic E-state index is 0.693. The van der Waals surface area contributed by atoms with Crippen LogP contribution in [0.25, 0.3) is 0 Å². The molecule has 1 aliphatic rings. The Kier molecular flexibility index (Phi) is 11.3. The van der Waals surface area contributed by atoms with E-state index in [1.54, 1.807) is 0 Å². The van der Waals surface area contributed by atoms with Crippen LogP contribution in [-0.4, -0.2) is 36.6 Å². The number of hydrogen-bond donors (Lipinski definition) is 1. The molecule has 0 saturated carbocycles. The lowest BCUT2D eigenvalue weighted by atomic mass is 10.0. The third-order valence-electron chi connectivity index (χ3n) is 4.90. The summed E-state index contributed by atoms with van der Waals surface area (Å²) in [5.41, 5.74) is 0. The summed E-state index contributed by atoms with van der Waals surface area (Å²) in [6.45, 7) is 10.8. The molecule has 1 N–H and O–H groups in total. The number of nitrogens with one attached hydrogen (secondary N) is 1. The zero-order valence-corrected chi connectivity index (χ0v) is 15.0. The van der Waals surface area contributed by atoms with Crippen LogP contribution in [0.1, 0.15) is 91.4 Å². The predicted octanol–water partition coefficient (Wildman–Crippen LogP) is 4.98. The van der Waals surface area contributed by atoms with Crippen molar-refractivity contribution in [2.75, 3.05) is 19.6 Å². The van der Waals surface area contributed by atoms with E-state index in [9.17, 15) is 0 Å². The Labute approximate surface area is 134 Å². The maximum absolute atomic E-state index is 3.69. The standard InChI is InChI=1S/C19H40N2/c1-4-5-6-7-8-9-10-13-16-21(18(2)3)17-19-14-11-12-15-20-19/h18-20H,4-17H2,1-3H3. The van der Waals surface area contributed by atoms with E-state index in [0.717, 1.165) is 6.04 Å². The van der Waals surface area contributed by atoms with Crippen LogP contribution in [0.5, 0.6) is 0 Å². The van der Waals surface area contributed by atoms with Gasteiger partial charge >= 0.3 is 0 Å². The van der Waals surface area contributed by atoms with Gasteiger partial charge in [0.25, 0.3) is 0 Å². The van der Waals surface area contributed by atoms with Crippen molar-refractivity contribution in [3.8, 4) is 0 Å². The molecule has 0 spiro atoms. The van der Waals surface area contributed by atoms with Gasteiger partial charge in [0.05, 0.1) is 0 Å². The molecule has 1 unspecified atom stereocenters. The summed E-state index contributed by atoms with van der Waals surface area (Å²) in [7, 11) is 0. The summed E-state index contributed by atoms with van der Waals surface area (Å²) in [4.78, 5) is 2.69. The summed E-state index contributed by atoms with van der Waals surface area (Å²) < 4.78 is 0. The van der Waals surface area contributed by atoms with Crippen LogP contribution >= 0.6 is 0 Å². The van der Waals surface area contributed by atoms with E-state index in [1.165, 1.54) is 90.3 Å². The Morgan fingerprint density at radius 1 is 0.952 bits per heavy atom. The fourth-order valence-corrected chi connectivity index (χ4v) is 3.37. The Hall–Kier alpha value is -0.0800. The molecule has 1 saturated heterocycles. The van der Waals surface area contributed by atoms with Gasteiger partial charge in [-0.1, -0.05) is 58.3 Å². The largest absolute Gasteiger partial charge is 0.313 e. The molecule has 1 aliphatic heterocycles. The second-order valence-electron chi connectivity index (χ2n) is 7.21. The van der Waals surface area contributed by atoms with Gasteiger partial charge in [-0.2, -0.15) is 0 Å². The molecule has 0 bridgehead atoms. The smallest absolute Gasteiger partial charge is 0.0195 e. The van der Waals surface area contributed by atoms with Gasteiger partial charge in [0.2, 0.25) is 0 Å². The first kappa shape index (κ1) is 19.0. The predicted molar refractivity (Wildman–Crippen MR) is 95.0 cm³/mol. The Morgan fingerprint density at radius 2 is 1.62 bits per heavy atom. The fraction of sp³-hybridized carbons (Fsp3) is 1.00. The van der Waals surface area contributed by atoms with E-state index < -0.39 is 0 Å². The van der Waals surface area contributed by atoms with Crippen molar-refractivity contribution in [2.45, 2.75) is 103 Å². The first-order chi connectivity index (χ1) is 10.2. The monoisotopic (exact) mass is 296 g/mol. The zero-order valence-electron chi connectivity index (χ0n) is 15.0. The molecule has 2 nitrogen and oxygen atoms in total. The summed E-state index contributed by atoms with van der Waals surface area (Å²) in [5.74, 6) is 0. The lowest BCUT2D eigenvalue weighted by Gasteiger charge is -2.33. The van der Waals surface area contributed by atoms with Crippen molar-refractivity contribution in [1.82, 2.24) is 10.2 Å². The van der Waals surface area contributed by atoms with E-state index in [-0.39, 0.29) is 0 Å². The first-order valence-electron chi connectivity index (χ1n) is 9.71. The lowest BCUT2D eigenvalue weighted by Crippen LogP contribution is -2.46. The number of piperidine rings is 1. The van der Waals surface area contributed by atoms with E-state index >= 15 is 0 Å². The zero-order chi connectivity index (χ0) is 15.3. The maximum atomic E-state index is 3.69. The molecule has 1 fully saturated rings. The van der Waals surface area contributed by atoms with Crippen molar-refractivity contribution in [1.29, 1.82) is 0 Å². The van der Waals surface area contributed by atoms with Gasteiger partial charge in [-0.05, 0) is 46.2 Å². The summed E-state index contributed by atoms with van der Waals surface area (Å²) in [5, 5.41) is 3.69. The van der Waals surface area contributed by atoms with Gasteiger partial charge < -0.3 is 5.32 Å². The fourth-order valence-electron chi connectivity index (χ4n) is 3.37. The van der Waals surface area contributed by atoms with E-state index in [2.05, 4.69) is 31.0 Å². The van der Waals surface area contributed by atoms with Crippen molar-refractivity contribution >= 4 is 0 Å². The van der Waals surface area contributed by atoms with Gasteiger partial charge in [0.1, 0.15) is 0 Å². The SMILES string of the molecule is CCCCCCCCCCN(CC1CCCCN1)C(C)C. The van der Waals surface area contributed by atoms with Gasteiger partial charge in [0.15, 0.2) is 0 Å². The molecule has 0 aromatic carbocycles. The van der Waals surface area contributed by atoms with Crippen molar-refractivity contribution in [2.24, 2.45) is 0 Å². The summed E-state index contributed by atoms with van der Waals surface area (Å²) >= 11 is 0. The molecule has 1 rings (SSSR count). The van der Waals surface area contributed by atoms with Gasteiger partial charge in [-0.15, -0.1) is 0 Å². The highest BCUT2D eigenvalue weighted by atomic mass is 15.2. The van der Waals surface area contributed by atoms with Crippen LogP contribution in [0.2, 0.25) is 0 Å². The van der Waals surface area contributed by atoms with Crippen LogP contribution in [-0.2, 0) is 0 Å². The average Bonchev–Trinajstić information content (AvgIpc) is 2.49. The topological polar surface area (TPSA) is 15.3 Å². The Bertz CT molecular complexity index is 222. The highest BCUT2D eigenvalue weighted by Gasteiger charge is 2.17. The summed E-state index contributed by atoms with van der Waals surface area (Å²) in [6.07, 6.45) is 15.6. The summed E-state index contributed by atoms with van der Waals surface area (Å²) in [6, 6.07) is 1.44. The number of hydrogen-bond acceptors (Lipinski definition) is 2.